The first kappa shape index (κ1) is 25.3. The summed E-state index contributed by atoms with van der Waals surface area (Å²) in [5.74, 6) is -0.654. The number of amides is 1. The van der Waals surface area contributed by atoms with Crippen molar-refractivity contribution in [3.05, 3.63) is 63.8 Å². The summed E-state index contributed by atoms with van der Waals surface area (Å²) >= 11 is 5.92. The number of benzene rings is 2. The summed E-state index contributed by atoms with van der Waals surface area (Å²) in [6.45, 7) is 4.29. The lowest BCUT2D eigenvalue weighted by Gasteiger charge is -2.27. The molecule has 0 spiro atoms. The highest BCUT2D eigenvalue weighted by Crippen LogP contribution is 2.30. The van der Waals surface area contributed by atoms with Crippen LogP contribution in [0.4, 0.5) is 0 Å². The molecule has 35 heavy (non-hydrogen) atoms. The van der Waals surface area contributed by atoms with Gasteiger partial charge in [-0.3, -0.25) is 9.69 Å². The molecule has 186 valence electrons. The highest BCUT2D eigenvalue weighted by atomic mass is 35.5. The first-order valence-corrected chi connectivity index (χ1v) is 12.4. The largest absolute Gasteiger partial charge is 0.505 e. The minimum absolute atomic E-state index is 0.0961. The van der Waals surface area contributed by atoms with E-state index in [1.54, 1.807) is 12.1 Å². The fourth-order valence-corrected chi connectivity index (χ4v) is 4.38. The predicted molar refractivity (Wildman–Crippen MR) is 135 cm³/mol. The van der Waals surface area contributed by atoms with Crippen LogP contribution in [-0.2, 0) is 24.2 Å². The number of aromatic nitrogens is 2. The molecule has 0 radical (unpaired) electrons. The van der Waals surface area contributed by atoms with Crippen molar-refractivity contribution in [2.45, 2.75) is 38.8 Å². The van der Waals surface area contributed by atoms with Crippen molar-refractivity contribution in [2.75, 3.05) is 32.9 Å². The van der Waals surface area contributed by atoms with E-state index < -0.39 is 5.91 Å². The maximum Gasteiger partial charge on any atom is 0.275 e. The number of carbonyl (C=O) groups excluding carboxylic acids is 1. The van der Waals surface area contributed by atoms with Gasteiger partial charge < -0.3 is 20.3 Å². The monoisotopic (exact) mass is 498 g/mol. The van der Waals surface area contributed by atoms with Crippen LogP contribution in [0.2, 0.25) is 5.02 Å². The molecule has 9 heteroatoms. The van der Waals surface area contributed by atoms with E-state index in [4.69, 9.17) is 21.4 Å². The van der Waals surface area contributed by atoms with Crippen molar-refractivity contribution >= 4 is 28.4 Å². The number of aliphatic hydroxyl groups excluding tert-OH is 1. The van der Waals surface area contributed by atoms with E-state index >= 15 is 0 Å². The number of hydrogen-bond donors (Lipinski definition) is 3. The van der Waals surface area contributed by atoms with Crippen LogP contribution in [0.3, 0.4) is 0 Å². The number of aromatic hydroxyl groups is 1. The van der Waals surface area contributed by atoms with Gasteiger partial charge in [-0.2, -0.15) is 0 Å². The average molecular weight is 499 g/mol. The van der Waals surface area contributed by atoms with Crippen molar-refractivity contribution in [1.82, 2.24) is 20.4 Å². The molecule has 0 atom stereocenters. The van der Waals surface area contributed by atoms with E-state index in [1.165, 1.54) is 0 Å². The maximum atomic E-state index is 12.8. The summed E-state index contributed by atoms with van der Waals surface area (Å²) in [7, 11) is 0. The number of morpholine rings is 1. The van der Waals surface area contributed by atoms with Crippen LogP contribution in [0, 0.1) is 0 Å². The summed E-state index contributed by atoms with van der Waals surface area (Å²) in [4.78, 5) is 15.1. The number of hydrogen-bond acceptors (Lipinski definition) is 7. The first-order valence-electron chi connectivity index (χ1n) is 12.0. The van der Waals surface area contributed by atoms with Crippen LogP contribution in [0.1, 0.15) is 46.4 Å². The molecule has 1 aliphatic rings. The van der Waals surface area contributed by atoms with Gasteiger partial charge >= 0.3 is 0 Å². The van der Waals surface area contributed by atoms with Gasteiger partial charge in [0.1, 0.15) is 0 Å². The van der Waals surface area contributed by atoms with Crippen molar-refractivity contribution in [3.63, 3.8) is 0 Å². The second kappa shape index (κ2) is 12.3. The van der Waals surface area contributed by atoms with Gasteiger partial charge in [0.2, 0.25) is 0 Å². The zero-order valence-electron chi connectivity index (χ0n) is 19.7. The van der Waals surface area contributed by atoms with Crippen molar-refractivity contribution < 1.29 is 19.7 Å². The Morgan fingerprint density at radius 1 is 1.06 bits per heavy atom. The Morgan fingerprint density at radius 3 is 2.57 bits per heavy atom. The molecule has 0 saturated carbocycles. The molecule has 2 heterocycles. The fraction of sp³-hybridized carbons (Fsp3) is 0.423. The number of unbranched alkanes of at least 4 members (excludes halogenated alkanes) is 2. The van der Waals surface area contributed by atoms with E-state index in [2.05, 4.69) is 26.5 Å². The molecule has 2 aromatic carbocycles. The smallest absolute Gasteiger partial charge is 0.275 e. The van der Waals surface area contributed by atoms with Crippen LogP contribution >= 0.6 is 11.6 Å². The SMILES string of the molecule is O=C(NCc1ccc(Cl)cc1)c1nnc2c(CCCCCO)cc(CN3CCOCC3)cc2c1O. The Morgan fingerprint density at radius 2 is 1.83 bits per heavy atom. The Balaban J connectivity index is 1.59. The third kappa shape index (κ3) is 6.67. The molecule has 4 rings (SSSR count). The lowest BCUT2D eigenvalue weighted by Crippen LogP contribution is -2.35. The summed E-state index contributed by atoms with van der Waals surface area (Å²) in [5.41, 5.74) is 3.42. The fourth-order valence-electron chi connectivity index (χ4n) is 4.26. The van der Waals surface area contributed by atoms with Crippen LogP contribution in [0.5, 0.6) is 5.75 Å². The standard InChI is InChI=1S/C26H31ClN4O4/c27-21-7-5-18(6-8-21)16-28-26(34)24-25(33)22-15-19(17-31-9-12-35-13-10-31)14-20(23(22)29-30-24)4-2-1-3-11-32/h5-8,14-15,32H,1-4,9-13,16-17H2,(H,28,34)(H,29,33). The molecule has 1 fully saturated rings. The van der Waals surface area contributed by atoms with Crippen molar-refractivity contribution in [1.29, 1.82) is 0 Å². The van der Waals surface area contributed by atoms with E-state index in [9.17, 15) is 9.90 Å². The zero-order valence-corrected chi connectivity index (χ0v) is 20.4. The lowest BCUT2D eigenvalue weighted by atomic mass is 9.99. The van der Waals surface area contributed by atoms with Gasteiger partial charge in [0.15, 0.2) is 11.4 Å². The first-order chi connectivity index (χ1) is 17.0. The Labute approximate surface area is 209 Å². The number of nitrogens with one attached hydrogen (secondary N) is 1. The topological polar surface area (TPSA) is 108 Å². The molecule has 1 aromatic heterocycles. The van der Waals surface area contributed by atoms with Crippen molar-refractivity contribution in [2.24, 2.45) is 0 Å². The molecule has 3 N–H and O–H groups in total. The molecule has 1 amide bonds. The minimum Gasteiger partial charge on any atom is -0.505 e. The summed E-state index contributed by atoms with van der Waals surface area (Å²) in [5, 5.41) is 32.5. The number of ether oxygens (including phenoxy) is 1. The normalized spacial score (nSPS) is 14.3. The molecule has 1 saturated heterocycles. The van der Waals surface area contributed by atoms with Crippen LogP contribution in [0.15, 0.2) is 36.4 Å². The van der Waals surface area contributed by atoms with Gasteiger partial charge in [-0.25, -0.2) is 0 Å². The van der Waals surface area contributed by atoms with E-state index in [0.29, 0.717) is 29.1 Å². The lowest BCUT2D eigenvalue weighted by molar-refractivity contribution is 0.0342. The molecule has 3 aromatic rings. The molecule has 1 aliphatic heterocycles. The number of halogens is 1. The third-order valence-electron chi connectivity index (χ3n) is 6.17. The molecule has 8 nitrogen and oxygen atoms in total. The Bertz CT molecular complexity index is 1150. The van der Waals surface area contributed by atoms with Gasteiger partial charge in [0.25, 0.3) is 5.91 Å². The summed E-state index contributed by atoms with van der Waals surface area (Å²) in [6, 6.07) is 11.2. The molecule has 0 aliphatic carbocycles. The highest BCUT2D eigenvalue weighted by Gasteiger charge is 2.20. The summed E-state index contributed by atoms with van der Waals surface area (Å²) in [6.07, 6.45) is 3.29. The second-order valence-electron chi connectivity index (χ2n) is 8.78. The average Bonchev–Trinajstić information content (AvgIpc) is 2.87. The number of rotatable bonds is 10. The van der Waals surface area contributed by atoms with Gasteiger partial charge in [-0.1, -0.05) is 36.2 Å². The van der Waals surface area contributed by atoms with Crippen LogP contribution < -0.4 is 5.32 Å². The van der Waals surface area contributed by atoms with E-state index in [0.717, 1.165) is 62.0 Å². The minimum atomic E-state index is -0.491. The van der Waals surface area contributed by atoms with Gasteiger partial charge in [-0.15, -0.1) is 10.2 Å². The number of fused-ring (bicyclic) bond motifs is 1. The van der Waals surface area contributed by atoms with Crippen LogP contribution in [-0.4, -0.2) is 64.1 Å². The maximum absolute atomic E-state index is 12.8. The van der Waals surface area contributed by atoms with Gasteiger partial charge in [0, 0.05) is 43.2 Å². The number of aryl methyl sites for hydroxylation is 1. The number of nitrogens with zero attached hydrogens (tertiary/aromatic N) is 3. The predicted octanol–water partition coefficient (Wildman–Crippen LogP) is 3.46. The van der Waals surface area contributed by atoms with Gasteiger partial charge in [-0.05, 0) is 54.2 Å². The van der Waals surface area contributed by atoms with E-state index in [-0.39, 0.29) is 24.6 Å². The molecule has 0 unspecified atom stereocenters. The second-order valence-corrected chi connectivity index (χ2v) is 9.22. The summed E-state index contributed by atoms with van der Waals surface area (Å²) < 4.78 is 5.46. The van der Waals surface area contributed by atoms with E-state index in [1.807, 2.05) is 18.2 Å². The Kier molecular flexibility index (Phi) is 8.87. The molecular weight excluding hydrogens is 468 g/mol. The molecular formula is C26H31ClN4O4. The number of carbonyl (C=O) groups is 1. The van der Waals surface area contributed by atoms with Crippen LogP contribution in [0.25, 0.3) is 10.9 Å². The third-order valence-corrected chi connectivity index (χ3v) is 6.43. The number of aliphatic hydroxyl groups is 1. The van der Waals surface area contributed by atoms with Gasteiger partial charge in [0.05, 0.1) is 18.7 Å². The zero-order chi connectivity index (χ0) is 24.6. The highest BCUT2D eigenvalue weighted by molar-refractivity contribution is 6.30. The quantitative estimate of drug-likeness (QED) is 0.367. The molecule has 0 bridgehead atoms. The Hall–Kier alpha value is -2.78. The van der Waals surface area contributed by atoms with Crippen molar-refractivity contribution in [3.8, 4) is 5.75 Å².